The molecule has 0 spiro atoms. The summed E-state index contributed by atoms with van der Waals surface area (Å²) in [6.07, 6.45) is 2.20. The molecule has 1 fully saturated rings. The molecule has 1 nitrogen and oxygen atoms in total. The van der Waals surface area contributed by atoms with Gasteiger partial charge in [-0.1, -0.05) is 37.6 Å². The molecule has 1 aliphatic rings. The third kappa shape index (κ3) is 2.53. The number of nitrogens with two attached hydrogens (primary N) is 1. The van der Waals surface area contributed by atoms with Gasteiger partial charge < -0.3 is 5.73 Å². The summed E-state index contributed by atoms with van der Waals surface area (Å²) in [6.45, 7) is 4.57. The Balaban J connectivity index is 1.98. The van der Waals surface area contributed by atoms with Crippen molar-refractivity contribution in [1.82, 2.24) is 0 Å². The van der Waals surface area contributed by atoms with Crippen LogP contribution in [0.2, 0.25) is 5.02 Å². The van der Waals surface area contributed by atoms with Gasteiger partial charge in [-0.05, 0) is 41.9 Å². The van der Waals surface area contributed by atoms with E-state index in [1.54, 1.807) is 0 Å². The van der Waals surface area contributed by atoms with Crippen LogP contribution in [-0.2, 0) is 6.42 Å². The molecule has 2 rings (SSSR count). The molecule has 1 saturated carbocycles. The van der Waals surface area contributed by atoms with Crippen LogP contribution in [0, 0.1) is 11.3 Å². The predicted molar refractivity (Wildman–Crippen MR) is 65.0 cm³/mol. The first-order valence-corrected chi connectivity index (χ1v) is 5.87. The minimum atomic E-state index is 0.276. The summed E-state index contributed by atoms with van der Waals surface area (Å²) in [7, 11) is 0. The molecule has 82 valence electrons. The van der Waals surface area contributed by atoms with Gasteiger partial charge in [-0.3, -0.25) is 0 Å². The first-order chi connectivity index (χ1) is 6.99. The smallest absolute Gasteiger partial charge is 0.0408 e. The van der Waals surface area contributed by atoms with E-state index in [1.807, 2.05) is 18.2 Å². The Kier molecular flexibility index (Phi) is 2.78. The van der Waals surface area contributed by atoms with Gasteiger partial charge in [-0.2, -0.15) is 0 Å². The Hall–Kier alpha value is -0.530. The van der Waals surface area contributed by atoms with E-state index in [9.17, 15) is 0 Å². The van der Waals surface area contributed by atoms with Crippen LogP contribution in [0.1, 0.15) is 25.8 Å². The lowest BCUT2D eigenvalue weighted by atomic mass is 9.98. The fraction of sp³-hybridized carbons (Fsp3) is 0.538. The molecule has 0 aliphatic heterocycles. The van der Waals surface area contributed by atoms with Gasteiger partial charge >= 0.3 is 0 Å². The van der Waals surface area contributed by atoms with Gasteiger partial charge in [0.05, 0.1) is 0 Å². The molecule has 0 heterocycles. The highest BCUT2D eigenvalue weighted by Crippen LogP contribution is 2.53. The summed E-state index contributed by atoms with van der Waals surface area (Å²) in [5.41, 5.74) is 7.90. The van der Waals surface area contributed by atoms with Crippen LogP contribution in [-0.4, -0.2) is 6.04 Å². The van der Waals surface area contributed by atoms with Crippen molar-refractivity contribution in [2.75, 3.05) is 0 Å². The van der Waals surface area contributed by atoms with Gasteiger partial charge in [0.2, 0.25) is 0 Å². The van der Waals surface area contributed by atoms with Crippen LogP contribution in [0.15, 0.2) is 24.3 Å². The molecule has 0 saturated heterocycles. The summed E-state index contributed by atoms with van der Waals surface area (Å²) < 4.78 is 0. The molecule has 2 N–H and O–H groups in total. The molecule has 1 aliphatic carbocycles. The fourth-order valence-corrected chi connectivity index (χ4v) is 2.53. The zero-order chi connectivity index (χ0) is 11.1. The number of hydrogen-bond acceptors (Lipinski definition) is 1. The van der Waals surface area contributed by atoms with Crippen LogP contribution in [0.25, 0.3) is 0 Å². The molecule has 2 atom stereocenters. The number of hydrogen-bond donors (Lipinski definition) is 1. The maximum absolute atomic E-state index is 6.19. The van der Waals surface area contributed by atoms with Gasteiger partial charge in [-0.15, -0.1) is 0 Å². The average molecular weight is 224 g/mol. The second kappa shape index (κ2) is 3.80. The van der Waals surface area contributed by atoms with Crippen molar-refractivity contribution >= 4 is 11.6 Å². The second-order valence-corrected chi connectivity index (χ2v) is 5.73. The molecule has 0 bridgehead atoms. The zero-order valence-corrected chi connectivity index (χ0v) is 10.1. The van der Waals surface area contributed by atoms with Crippen molar-refractivity contribution in [3.05, 3.63) is 34.9 Å². The van der Waals surface area contributed by atoms with Gasteiger partial charge in [0, 0.05) is 11.1 Å². The van der Waals surface area contributed by atoms with Gasteiger partial charge in [0.1, 0.15) is 0 Å². The highest BCUT2D eigenvalue weighted by atomic mass is 35.5. The highest BCUT2D eigenvalue weighted by molar-refractivity contribution is 6.30. The minimum absolute atomic E-state index is 0.276. The average Bonchev–Trinajstić information content (AvgIpc) is 2.75. The third-order valence-electron chi connectivity index (χ3n) is 3.47. The Labute approximate surface area is 96.6 Å². The van der Waals surface area contributed by atoms with E-state index < -0.39 is 0 Å². The van der Waals surface area contributed by atoms with E-state index >= 15 is 0 Å². The van der Waals surface area contributed by atoms with Crippen LogP contribution >= 0.6 is 11.6 Å². The van der Waals surface area contributed by atoms with E-state index in [0.29, 0.717) is 11.3 Å². The van der Waals surface area contributed by atoms with Crippen molar-refractivity contribution in [3.8, 4) is 0 Å². The topological polar surface area (TPSA) is 26.0 Å². The summed E-state index contributed by atoms with van der Waals surface area (Å²) in [5, 5.41) is 0.801. The molecule has 2 unspecified atom stereocenters. The lowest BCUT2D eigenvalue weighted by molar-refractivity contribution is 0.476. The van der Waals surface area contributed by atoms with E-state index in [2.05, 4.69) is 19.9 Å². The minimum Gasteiger partial charge on any atom is -0.327 e. The molecular formula is C13H18ClN. The molecule has 0 amide bonds. The van der Waals surface area contributed by atoms with Crippen molar-refractivity contribution in [3.63, 3.8) is 0 Å². The summed E-state index contributed by atoms with van der Waals surface area (Å²) >= 11 is 5.94. The molecule has 2 heteroatoms. The number of benzene rings is 1. The summed E-state index contributed by atoms with van der Waals surface area (Å²) in [6, 6.07) is 8.27. The first kappa shape index (κ1) is 11.0. The van der Waals surface area contributed by atoms with Crippen LogP contribution in [0.4, 0.5) is 0 Å². The van der Waals surface area contributed by atoms with Gasteiger partial charge in [0.15, 0.2) is 0 Å². The van der Waals surface area contributed by atoms with E-state index in [0.717, 1.165) is 11.4 Å². The Bertz CT molecular complexity index is 359. The van der Waals surface area contributed by atoms with E-state index in [-0.39, 0.29) is 6.04 Å². The second-order valence-electron chi connectivity index (χ2n) is 5.30. The zero-order valence-electron chi connectivity index (χ0n) is 9.33. The van der Waals surface area contributed by atoms with Crippen LogP contribution in [0.5, 0.6) is 0 Å². The fourth-order valence-electron chi connectivity index (χ4n) is 2.32. The standard InChI is InChI=1S/C13H18ClN/c1-13(2)8-11(13)12(15)7-9-4-3-5-10(14)6-9/h3-6,11-12H,7-8,15H2,1-2H3. The van der Waals surface area contributed by atoms with Crippen LogP contribution in [0.3, 0.4) is 0 Å². The summed E-state index contributed by atoms with van der Waals surface area (Å²) in [4.78, 5) is 0. The quantitative estimate of drug-likeness (QED) is 0.837. The molecule has 0 radical (unpaired) electrons. The van der Waals surface area contributed by atoms with Crippen LogP contribution < -0.4 is 5.73 Å². The molecule has 15 heavy (non-hydrogen) atoms. The van der Waals surface area contributed by atoms with Gasteiger partial charge in [0.25, 0.3) is 0 Å². The van der Waals surface area contributed by atoms with Crippen molar-refractivity contribution < 1.29 is 0 Å². The van der Waals surface area contributed by atoms with Crippen molar-refractivity contribution in [1.29, 1.82) is 0 Å². The van der Waals surface area contributed by atoms with Gasteiger partial charge in [-0.25, -0.2) is 0 Å². The monoisotopic (exact) mass is 223 g/mol. The predicted octanol–water partition coefficient (Wildman–Crippen LogP) is 3.26. The van der Waals surface area contributed by atoms with E-state index in [4.69, 9.17) is 17.3 Å². The maximum Gasteiger partial charge on any atom is 0.0408 e. The number of rotatable bonds is 3. The Morgan fingerprint density at radius 2 is 2.20 bits per heavy atom. The number of halogens is 1. The molecule has 1 aromatic rings. The molecular weight excluding hydrogens is 206 g/mol. The molecule has 1 aromatic carbocycles. The largest absolute Gasteiger partial charge is 0.327 e. The third-order valence-corrected chi connectivity index (χ3v) is 3.70. The summed E-state index contributed by atoms with van der Waals surface area (Å²) in [5.74, 6) is 0.677. The first-order valence-electron chi connectivity index (χ1n) is 5.49. The maximum atomic E-state index is 6.19. The highest BCUT2D eigenvalue weighted by Gasteiger charge is 2.48. The lowest BCUT2D eigenvalue weighted by Crippen LogP contribution is -2.27. The van der Waals surface area contributed by atoms with Crippen molar-refractivity contribution in [2.24, 2.45) is 17.1 Å². The Morgan fingerprint density at radius 3 is 2.73 bits per heavy atom. The lowest BCUT2D eigenvalue weighted by Gasteiger charge is -2.13. The molecule has 0 aromatic heterocycles. The van der Waals surface area contributed by atoms with Crippen molar-refractivity contribution in [2.45, 2.75) is 32.7 Å². The Morgan fingerprint density at radius 1 is 1.53 bits per heavy atom. The SMILES string of the molecule is CC1(C)CC1C(N)Cc1cccc(Cl)c1. The normalized spacial score (nSPS) is 24.9. The van der Waals surface area contributed by atoms with E-state index in [1.165, 1.54) is 12.0 Å².